The maximum atomic E-state index is 11.8. The van der Waals surface area contributed by atoms with Gasteiger partial charge in [0.25, 0.3) is 0 Å². The highest BCUT2D eigenvalue weighted by Gasteiger charge is 2.33. The first-order chi connectivity index (χ1) is 9.77. The van der Waals surface area contributed by atoms with Gasteiger partial charge in [-0.15, -0.1) is 0 Å². The number of carboxylic acid groups (broad SMARTS) is 1. The molecule has 0 aliphatic carbocycles. The van der Waals surface area contributed by atoms with E-state index in [2.05, 4.69) is 5.32 Å². The Kier molecular flexibility index (Phi) is 5.69. The van der Waals surface area contributed by atoms with Gasteiger partial charge in [-0.1, -0.05) is 13.8 Å². The number of likely N-dealkylation sites (N-methyl/N-ethyl adjacent to an activating group) is 1. The van der Waals surface area contributed by atoms with Gasteiger partial charge >= 0.3 is 17.8 Å². The first-order valence-electron chi connectivity index (χ1n) is 6.88. The van der Waals surface area contributed by atoms with E-state index in [4.69, 9.17) is 5.11 Å². The zero-order chi connectivity index (χ0) is 16.2. The van der Waals surface area contributed by atoms with Gasteiger partial charge in [0.1, 0.15) is 12.6 Å². The molecule has 0 aromatic heterocycles. The van der Waals surface area contributed by atoms with Gasteiger partial charge in [0, 0.05) is 19.6 Å². The quantitative estimate of drug-likeness (QED) is 0.606. The monoisotopic (exact) mass is 299 g/mol. The Morgan fingerprint density at radius 1 is 1.19 bits per heavy atom. The summed E-state index contributed by atoms with van der Waals surface area (Å²) in [5, 5.41) is 11.4. The van der Waals surface area contributed by atoms with E-state index in [1.807, 2.05) is 0 Å². The second kappa shape index (κ2) is 7.05. The molecule has 1 heterocycles. The van der Waals surface area contributed by atoms with Crippen molar-refractivity contribution in [2.45, 2.75) is 26.8 Å². The van der Waals surface area contributed by atoms with E-state index in [0.29, 0.717) is 13.1 Å². The number of nitrogens with zero attached hydrogens (tertiary/aromatic N) is 2. The Hall–Kier alpha value is -2.12. The highest BCUT2D eigenvalue weighted by Crippen LogP contribution is 2.06. The van der Waals surface area contributed by atoms with Crippen LogP contribution in [0, 0.1) is 5.92 Å². The van der Waals surface area contributed by atoms with E-state index in [-0.39, 0.29) is 19.0 Å². The van der Waals surface area contributed by atoms with Gasteiger partial charge in [0.2, 0.25) is 5.91 Å². The fourth-order valence-corrected chi connectivity index (χ4v) is 2.07. The summed E-state index contributed by atoms with van der Waals surface area (Å²) in [7, 11) is 0. The smallest absolute Gasteiger partial charge is 0.326 e. The molecular formula is C13H21N3O5. The van der Waals surface area contributed by atoms with Crippen molar-refractivity contribution in [3.8, 4) is 0 Å². The molecule has 1 fully saturated rings. The van der Waals surface area contributed by atoms with Gasteiger partial charge in [-0.25, -0.2) is 4.79 Å². The minimum Gasteiger partial charge on any atom is -0.480 e. The SMILES string of the molecule is CCN1CCN(CC(=O)N[C@H](C(=O)O)C(C)C)C(=O)C1=O. The van der Waals surface area contributed by atoms with Crippen LogP contribution in [0.2, 0.25) is 0 Å². The summed E-state index contributed by atoms with van der Waals surface area (Å²) in [6, 6.07) is -1.01. The fourth-order valence-electron chi connectivity index (χ4n) is 2.07. The van der Waals surface area contributed by atoms with Crippen molar-refractivity contribution in [2.24, 2.45) is 5.92 Å². The number of carbonyl (C=O) groups is 4. The maximum Gasteiger partial charge on any atom is 0.326 e. The van der Waals surface area contributed by atoms with Crippen LogP contribution < -0.4 is 5.32 Å². The summed E-state index contributed by atoms with van der Waals surface area (Å²) < 4.78 is 0. The molecule has 0 spiro atoms. The van der Waals surface area contributed by atoms with Crippen LogP contribution in [-0.4, -0.2) is 70.8 Å². The number of aliphatic carboxylic acids is 1. The van der Waals surface area contributed by atoms with Crippen LogP contribution in [0.4, 0.5) is 0 Å². The number of amides is 3. The van der Waals surface area contributed by atoms with Gasteiger partial charge in [0.05, 0.1) is 0 Å². The van der Waals surface area contributed by atoms with E-state index in [1.54, 1.807) is 20.8 Å². The standard InChI is InChI=1S/C13H21N3O5/c1-4-15-5-6-16(12(19)11(15)18)7-9(17)14-10(8(2)3)13(20)21/h8,10H,4-7H2,1-3H3,(H,14,17)(H,20,21)/t10-/m0/s1. The molecule has 0 unspecified atom stereocenters. The molecule has 1 saturated heterocycles. The van der Waals surface area contributed by atoms with E-state index in [0.717, 1.165) is 4.90 Å². The van der Waals surface area contributed by atoms with Crippen LogP contribution in [0.3, 0.4) is 0 Å². The Morgan fingerprint density at radius 3 is 2.19 bits per heavy atom. The number of nitrogens with one attached hydrogen (secondary N) is 1. The summed E-state index contributed by atoms with van der Waals surface area (Å²) in [6.07, 6.45) is 0. The molecule has 0 bridgehead atoms. The molecular weight excluding hydrogens is 278 g/mol. The molecule has 0 radical (unpaired) electrons. The highest BCUT2D eigenvalue weighted by atomic mass is 16.4. The molecule has 1 aliphatic heterocycles. The average Bonchev–Trinajstić information content (AvgIpc) is 2.41. The normalized spacial score (nSPS) is 17.1. The summed E-state index contributed by atoms with van der Waals surface area (Å²) in [5.74, 6) is -3.34. The molecule has 1 aliphatic rings. The lowest BCUT2D eigenvalue weighted by Gasteiger charge is -2.33. The lowest BCUT2D eigenvalue weighted by Crippen LogP contribution is -2.57. The topological polar surface area (TPSA) is 107 Å². The van der Waals surface area contributed by atoms with Crippen LogP contribution in [0.5, 0.6) is 0 Å². The lowest BCUT2D eigenvalue weighted by molar-refractivity contribution is -0.157. The summed E-state index contributed by atoms with van der Waals surface area (Å²) >= 11 is 0. The molecule has 21 heavy (non-hydrogen) atoms. The summed E-state index contributed by atoms with van der Waals surface area (Å²) in [6.45, 7) is 5.90. The summed E-state index contributed by atoms with van der Waals surface area (Å²) in [5.41, 5.74) is 0. The molecule has 0 aromatic rings. The second-order valence-electron chi connectivity index (χ2n) is 5.24. The van der Waals surface area contributed by atoms with Gasteiger partial charge in [-0.05, 0) is 12.8 Å². The molecule has 1 rings (SSSR count). The van der Waals surface area contributed by atoms with E-state index < -0.39 is 29.7 Å². The zero-order valence-corrected chi connectivity index (χ0v) is 12.5. The molecule has 2 N–H and O–H groups in total. The Labute approximate surface area is 123 Å². The van der Waals surface area contributed by atoms with Crippen molar-refractivity contribution < 1.29 is 24.3 Å². The number of carboxylic acids is 1. The van der Waals surface area contributed by atoms with Gasteiger partial charge in [-0.3, -0.25) is 14.4 Å². The Bertz CT molecular complexity index is 449. The number of carbonyl (C=O) groups excluding carboxylic acids is 3. The Balaban J connectivity index is 2.61. The van der Waals surface area contributed by atoms with E-state index in [1.165, 1.54) is 4.90 Å². The van der Waals surface area contributed by atoms with E-state index in [9.17, 15) is 19.2 Å². The van der Waals surface area contributed by atoms with Crippen molar-refractivity contribution in [3.05, 3.63) is 0 Å². The Morgan fingerprint density at radius 2 is 1.71 bits per heavy atom. The molecule has 8 nitrogen and oxygen atoms in total. The van der Waals surface area contributed by atoms with Crippen molar-refractivity contribution in [3.63, 3.8) is 0 Å². The van der Waals surface area contributed by atoms with Gasteiger partial charge in [0.15, 0.2) is 0 Å². The van der Waals surface area contributed by atoms with Crippen LogP contribution >= 0.6 is 0 Å². The van der Waals surface area contributed by atoms with Crippen LogP contribution in [0.15, 0.2) is 0 Å². The maximum absolute atomic E-state index is 11.8. The zero-order valence-electron chi connectivity index (χ0n) is 12.5. The molecule has 8 heteroatoms. The van der Waals surface area contributed by atoms with Crippen LogP contribution in [0.1, 0.15) is 20.8 Å². The van der Waals surface area contributed by atoms with E-state index >= 15 is 0 Å². The molecule has 3 amide bonds. The van der Waals surface area contributed by atoms with Crippen molar-refractivity contribution in [1.82, 2.24) is 15.1 Å². The molecule has 0 saturated carbocycles. The first-order valence-corrected chi connectivity index (χ1v) is 6.88. The van der Waals surface area contributed by atoms with Crippen LogP contribution in [-0.2, 0) is 19.2 Å². The third kappa shape index (κ3) is 4.17. The molecule has 1 atom stereocenters. The first kappa shape index (κ1) is 16.9. The van der Waals surface area contributed by atoms with Crippen molar-refractivity contribution in [1.29, 1.82) is 0 Å². The minimum atomic E-state index is -1.13. The summed E-state index contributed by atoms with van der Waals surface area (Å²) in [4.78, 5) is 48.9. The van der Waals surface area contributed by atoms with Crippen LogP contribution in [0.25, 0.3) is 0 Å². The number of piperazine rings is 1. The predicted molar refractivity (Wildman–Crippen MR) is 73.2 cm³/mol. The molecule has 0 aromatic carbocycles. The fraction of sp³-hybridized carbons (Fsp3) is 0.692. The number of rotatable bonds is 6. The van der Waals surface area contributed by atoms with Gasteiger partial charge < -0.3 is 20.2 Å². The number of hydrogen-bond acceptors (Lipinski definition) is 4. The number of hydrogen-bond donors (Lipinski definition) is 2. The lowest BCUT2D eigenvalue weighted by atomic mass is 10.0. The third-order valence-corrected chi connectivity index (χ3v) is 3.36. The van der Waals surface area contributed by atoms with Crippen molar-refractivity contribution >= 4 is 23.7 Å². The second-order valence-corrected chi connectivity index (χ2v) is 5.24. The average molecular weight is 299 g/mol. The molecule has 118 valence electrons. The minimum absolute atomic E-state index is 0.269. The highest BCUT2D eigenvalue weighted by molar-refractivity contribution is 6.35. The third-order valence-electron chi connectivity index (χ3n) is 3.36. The predicted octanol–water partition coefficient (Wildman–Crippen LogP) is -1.10. The largest absolute Gasteiger partial charge is 0.480 e. The van der Waals surface area contributed by atoms with Crippen molar-refractivity contribution in [2.75, 3.05) is 26.2 Å². The van der Waals surface area contributed by atoms with Gasteiger partial charge in [-0.2, -0.15) is 0 Å².